The van der Waals surface area contributed by atoms with Crippen LogP contribution in [0.2, 0.25) is 20.4 Å². The van der Waals surface area contributed by atoms with Gasteiger partial charge in [-0.15, -0.1) is 0 Å². The van der Waals surface area contributed by atoms with E-state index in [1.54, 1.807) is 26.2 Å². The number of nitrogen functional groups attached to an aromatic ring is 1. The van der Waals surface area contributed by atoms with Crippen molar-refractivity contribution in [1.82, 2.24) is 18.7 Å². The van der Waals surface area contributed by atoms with Crippen LogP contribution < -0.4 is 26.3 Å². The molecule has 2 aliphatic rings. The van der Waals surface area contributed by atoms with Crippen LogP contribution in [0.3, 0.4) is 0 Å². The van der Waals surface area contributed by atoms with Crippen molar-refractivity contribution in [3.63, 3.8) is 0 Å². The smallest absolute Gasteiger partial charge is 0.276 e. The highest BCUT2D eigenvalue weighted by atomic mass is 35.5. The number of fused-ring (bicyclic) bond motifs is 2. The van der Waals surface area contributed by atoms with Gasteiger partial charge in [-0.3, -0.25) is 23.7 Å². The maximum Gasteiger partial charge on any atom is 0.276 e. The molecule has 0 saturated carbocycles. The first kappa shape index (κ1) is 39.5. The topological polar surface area (TPSA) is 135 Å². The van der Waals surface area contributed by atoms with Gasteiger partial charge in [0.05, 0.1) is 37.4 Å². The number of nitrogens with zero attached hydrogens (tertiary/aromatic N) is 4. The summed E-state index contributed by atoms with van der Waals surface area (Å²) in [6.07, 6.45) is 3.50. The van der Waals surface area contributed by atoms with Gasteiger partial charge in [-0.05, 0) is 86.3 Å². The van der Waals surface area contributed by atoms with Crippen molar-refractivity contribution in [1.29, 1.82) is 0 Å². The maximum absolute atomic E-state index is 14.9. The number of benzene rings is 4. The highest BCUT2D eigenvalue weighted by Gasteiger charge is 2.27. The number of sulfonamides is 1. The quantitative estimate of drug-likeness (QED) is 0.154. The van der Waals surface area contributed by atoms with E-state index in [0.717, 1.165) is 37.8 Å². The lowest BCUT2D eigenvalue weighted by molar-refractivity contribution is 0.356. The molecule has 8 rings (SSSR count). The Morgan fingerprint density at radius 1 is 0.625 bits per heavy atom. The number of ether oxygens (including phenoxy) is 1. The number of anilines is 2. The molecule has 0 fully saturated rings. The minimum absolute atomic E-state index is 0.0319. The second-order valence-electron chi connectivity index (χ2n) is 13.0. The number of nitrogens with two attached hydrogens (primary N) is 1. The summed E-state index contributed by atoms with van der Waals surface area (Å²) >= 11 is 24.6. The minimum Gasteiger partial charge on any atom is -0.457 e. The van der Waals surface area contributed by atoms with Crippen molar-refractivity contribution in [2.24, 2.45) is 0 Å². The standard InChI is InChI=1S/C25H20Cl2FN3O4S.C13H12Cl2FN3O/c26-20-15-21(28)19(23-24(27)30-12-4-5-13-31(30)25(23)32)14-22(20)29-36(33,34)18-10-8-17(9-11-18)35-16-6-2-1-3-7-16;14-8-6-9(16)7(5-10(8)17)11-12(15)18-3-1-2-4-19(18)13(11)20/h1-3,6-11,14-15,29H,4-5,12-13H2;5-6H,1-4,17H2. The van der Waals surface area contributed by atoms with Crippen LogP contribution in [0, 0.1) is 11.6 Å². The molecule has 4 aromatic carbocycles. The van der Waals surface area contributed by atoms with Gasteiger partial charge < -0.3 is 10.5 Å². The lowest BCUT2D eigenvalue weighted by Gasteiger charge is -2.17. The summed E-state index contributed by atoms with van der Waals surface area (Å²) in [6.45, 7) is 2.24. The molecule has 4 heterocycles. The molecule has 18 heteroatoms. The SMILES string of the molecule is Nc1cc(-c2c(Cl)n3n(c2=O)CCCC3)c(F)cc1Cl.O=c1c(-c2cc(NS(=O)(=O)c3ccc(Oc4ccccc4)cc3)c(Cl)cc2F)c(Cl)n2n1CCCC2. The molecule has 0 bridgehead atoms. The van der Waals surface area contributed by atoms with Crippen molar-refractivity contribution in [2.75, 3.05) is 10.5 Å². The van der Waals surface area contributed by atoms with Gasteiger partial charge in [0.25, 0.3) is 21.1 Å². The molecule has 0 amide bonds. The number of para-hydroxylation sites is 1. The molecule has 56 heavy (non-hydrogen) atoms. The third-order valence-corrected chi connectivity index (χ3v) is 12.2. The van der Waals surface area contributed by atoms with Gasteiger partial charge in [-0.25, -0.2) is 26.6 Å². The normalized spacial score (nSPS) is 13.7. The third-order valence-electron chi connectivity index (χ3n) is 9.36. The number of aromatic nitrogens is 4. The fourth-order valence-corrected chi connectivity index (χ4v) is 8.79. The molecule has 2 aromatic heterocycles. The van der Waals surface area contributed by atoms with Crippen LogP contribution in [0.4, 0.5) is 20.2 Å². The summed E-state index contributed by atoms with van der Waals surface area (Å²) in [7, 11) is -4.09. The summed E-state index contributed by atoms with van der Waals surface area (Å²) < 4.78 is 69.5. The Morgan fingerprint density at radius 3 is 1.61 bits per heavy atom. The number of nitrogens with one attached hydrogen (secondary N) is 1. The van der Waals surface area contributed by atoms with Gasteiger partial charge in [0, 0.05) is 37.3 Å². The van der Waals surface area contributed by atoms with E-state index in [-0.39, 0.29) is 64.4 Å². The van der Waals surface area contributed by atoms with Crippen LogP contribution in [-0.2, 0) is 36.2 Å². The molecular formula is C38H32Cl4F2N6O5S. The lowest BCUT2D eigenvalue weighted by atomic mass is 10.1. The largest absolute Gasteiger partial charge is 0.457 e. The molecule has 0 aliphatic carbocycles. The fraction of sp³-hybridized carbons (Fsp3) is 0.211. The first-order valence-corrected chi connectivity index (χ1v) is 20.3. The van der Waals surface area contributed by atoms with Crippen LogP contribution >= 0.6 is 46.4 Å². The Hall–Kier alpha value is -4.73. The van der Waals surface area contributed by atoms with E-state index in [1.165, 1.54) is 41.1 Å². The molecule has 0 radical (unpaired) electrons. The first-order valence-electron chi connectivity index (χ1n) is 17.3. The van der Waals surface area contributed by atoms with Crippen molar-refractivity contribution in [3.05, 3.63) is 132 Å². The van der Waals surface area contributed by atoms with Crippen molar-refractivity contribution in [3.8, 4) is 33.8 Å². The molecule has 0 saturated heterocycles. The lowest BCUT2D eigenvalue weighted by Crippen LogP contribution is -2.27. The van der Waals surface area contributed by atoms with Gasteiger partial charge in [-0.2, -0.15) is 0 Å². The first-order chi connectivity index (χ1) is 26.7. The van der Waals surface area contributed by atoms with Crippen LogP contribution in [0.1, 0.15) is 25.7 Å². The van der Waals surface area contributed by atoms with Crippen molar-refractivity contribution >= 4 is 67.8 Å². The van der Waals surface area contributed by atoms with E-state index < -0.39 is 27.2 Å². The number of hydrogen-bond donors (Lipinski definition) is 2. The van der Waals surface area contributed by atoms with Gasteiger partial charge >= 0.3 is 0 Å². The van der Waals surface area contributed by atoms with Crippen LogP contribution in [0.15, 0.2) is 93.3 Å². The Kier molecular flexibility index (Phi) is 11.3. The van der Waals surface area contributed by atoms with Gasteiger partial charge in [0.15, 0.2) is 0 Å². The fourth-order valence-electron chi connectivity index (χ4n) is 6.60. The summed E-state index contributed by atoms with van der Waals surface area (Å²) in [5.74, 6) is -0.325. The Bertz CT molecular complexity index is 2700. The summed E-state index contributed by atoms with van der Waals surface area (Å²) in [5, 5.41) is 0.301. The highest BCUT2D eigenvalue weighted by Crippen LogP contribution is 2.37. The predicted octanol–water partition coefficient (Wildman–Crippen LogP) is 9.29. The molecule has 2 aliphatic heterocycles. The zero-order valence-corrected chi connectivity index (χ0v) is 33.1. The third kappa shape index (κ3) is 7.68. The van der Waals surface area contributed by atoms with Crippen molar-refractivity contribution in [2.45, 2.75) is 56.8 Å². The maximum atomic E-state index is 14.9. The molecule has 3 N–H and O–H groups in total. The molecule has 0 unspecified atom stereocenters. The minimum atomic E-state index is -4.09. The molecule has 6 aromatic rings. The monoisotopic (exact) mass is 862 g/mol. The van der Waals surface area contributed by atoms with E-state index in [1.807, 2.05) is 18.2 Å². The average molecular weight is 865 g/mol. The van der Waals surface area contributed by atoms with E-state index in [9.17, 15) is 26.8 Å². The van der Waals surface area contributed by atoms with Crippen LogP contribution in [0.5, 0.6) is 11.5 Å². The number of hydrogen-bond acceptors (Lipinski definition) is 6. The zero-order valence-electron chi connectivity index (χ0n) is 29.2. The van der Waals surface area contributed by atoms with E-state index in [0.29, 0.717) is 37.7 Å². The van der Waals surface area contributed by atoms with Crippen LogP contribution in [0.25, 0.3) is 22.3 Å². The van der Waals surface area contributed by atoms with Crippen molar-refractivity contribution < 1.29 is 21.9 Å². The van der Waals surface area contributed by atoms with E-state index >= 15 is 0 Å². The molecular weight excluding hydrogens is 832 g/mol. The highest BCUT2D eigenvalue weighted by molar-refractivity contribution is 7.92. The summed E-state index contributed by atoms with van der Waals surface area (Å²) in [4.78, 5) is 25.3. The Balaban J connectivity index is 0.000000202. The second kappa shape index (κ2) is 16.0. The molecule has 0 spiro atoms. The molecule has 11 nitrogen and oxygen atoms in total. The van der Waals surface area contributed by atoms with Gasteiger partial charge in [-0.1, -0.05) is 64.6 Å². The Morgan fingerprint density at radius 2 is 1.09 bits per heavy atom. The van der Waals surface area contributed by atoms with E-state index in [2.05, 4.69) is 4.72 Å². The Labute approximate surface area is 339 Å². The second-order valence-corrected chi connectivity index (χ2v) is 16.2. The van der Waals surface area contributed by atoms with Gasteiger partial charge in [0.2, 0.25) is 0 Å². The summed E-state index contributed by atoms with van der Waals surface area (Å²) in [5.41, 5.74) is 5.17. The van der Waals surface area contributed by atoms with Crippen LogP contribution in [-0.4, -0.2) is 27.1 Å². The molecule has 0 atom stereocenters. The predicted molar refractivity (Wildman–Crippen MR) is 215 cm³/mol. The summed E-state index contributed by atoms with van der Waals surface area (Å²) in [6, 6.07) is 19.5. The molecule has 292 valence electrons. The number of halogens is 6. The average Bonchev–Trinajstić information content (AvgIpc) is 3.59. The zero-order chi connectivity index (χ0) is 39.9. The van der Waals surface area contributed by atoms with Gasteiger partial charge in [0.1, 0.15) is 33.4 Å². The number of rotatable bonds is 7. The van der Waals surface area contributed by atoms with E-state index in [4.69, 9.17) is 56.9 Å².